The van der Waals surface area contributed by atoms with E-state index in [1.54, 1.807) is 7.11 Å². The fraction of sp³-hybridized carbons (Fsp3) is 1.00. The maximum Gasteiger partial charge on any atom is 0.0620 e. The summed E-state index contributed by atoms with van der Waals surface area (Å²) in [5, 5.41) is 3.49. The van der Waals surface area contributed by atoms with Gasteiger partial charge < -0.3 is 14.8 Å². The normalized spacial score (nSPS) is 23.6. The minimum Gasteiger partial charge on any atom is -0.383 e. The summed E-state index contributed by atoms with van der Waals surface area (Å²) in [4.78, 5) is 2.46. The third-order valence-corrected chi connectivity index (χ3v) is 3.20. The maximum absolute atomic E-state index is 5.45. The molecule has 1 aliphatic rings. The standard InChI is InChI=1S/C12H26N2O2/c1-4-14(11(2)9-15-3)7-5-12-10-16-8-6-13-12/h11-13H,4-10H2,1-3H3. The van der Waals surface area contributed by atoms with Crippen LogP contribution in [0.3, 0.4) is 0 Å². The molecule has 4 heteroatoms. The molecular weight excluding hydrogens is 204 g/mol. The highest BCUT2D eigenvalue weighted by molar-refractivity contribution is 4.74. The molecule has 0 radical (unpaired) electrons. The third kappa shape index (κ3) is 4.78. The van der Waals surface area contributed by atoms with E-state index in [4.69, 9.17) is 9.47 Å². The second kappa shape index (κ2) is 8.01. The van der Waals surface area contributed by atoms with Crippen molar-refractivity contribution < 1.29 is 9.47 Å². The van der Waals surface area contributed by atoms with Crippen LogP contribution in [0.5, 0.6) is 0 Å². The average Bonchev–Trinajstić information content (AvgIpc) is 2.31. The first-order valence-corrected chi connectivity index (χ1v) is 6.32. The predicted molar refractivity (Wildman–Crippen MR) is 65.8 cm³/mol. The topological polar surface area (TPSA) is 33.7 Å². The van der Waals surface area contributed by atoms with Crippen LogP contribution in [0.25, 0.3) is 0 Å². The van der Waals surface area contributed by atoms with Crippen molar-refractivity contribution in [1.29, 1.82) is 0 Å². The summed E-state index contributed by atoms with van der Waals surface area (Å²) in [6.07, 6.45) is 1.15. The molecule has 0 aromatic heterocycles. The zero-order valence-electron chi connectivity index (χ0n) is 10.9. The molecule has 0 spiro atoms. The molecule has 0 saturated carbocycles. The van der Waals surface area contributed by atoms with Crippen LogP contribution in [-0.2, 0) is 9.47 Å². The molecule has 0 aromatic carbocycles. The summed E-state index contributed by atoms with van der Waals surface area (Å²) in [6, 6.07) is 1.03. The van der Waals surface area contributed by atoms with E-state index < -0.39 is 0 Å². The zero-order valence-corrected chi connectivity index (χ0v) is 10.9. The fourth-order valence-electron chi connectivity index (χ4n) is 2.16. The van der Waals surface area contributed by atoms with Crippen molar-refractivity contribution >= 4 is 0 Å². The second-order valence-corrected chi connectivity index (χ2v) is 4.45. The van der Waals surface area contributed by atoms with Crippen LogP contribution in [0.2, 0.25) is 0 Å². The molecule has 0 aliphatic carbocycles. The summed E-state index contributed by atoms with van der Waals surface area (Å²) in [6.45, 7) is 10.1. The van der Waals surface area contributed by atoms with Crippen LogP contribution in [0.1, 0.15) is 20.3 Å². The van der Waals surface area contributed by atoms with Crippen molar-refractivity contribution in [3.05, 3.63) is 0 Å². The largest absolute Gasteiger partial charge is 0.383 e. The van der Waals surface area contributed by atoms with Crippen molar-refractivity contribution in [3.63, 3.8) is 0 Å². The number of hydrogen-bond donors (Lipinski definition) is 1. The number of hydrogen-bond acceptors (Lipinski definition) is 4. The van der Waals surface area contributed by atoms with Crippen molar-refractivity contribution in [2.45, 2.75) is 32.4 Å². The highest BCUT2D eigenvalue weighted by Gasteiger charge is 2.16. The third-order valence-electron chi connectivity index (χ3n) is 3.20. The Hall–Kier alpha value is -0.160. The van der Waals surface area contributed by atoms with E-state index in [-0.39, 0.29) is 0 Å². The first kappa shape index (κ1) is 13.9. The van der Waals surface area contributed by atoms with E-state index in [1.807, 2.05) is 0 Å². The van der Waals surface area contributed by atoms with E-state index in [2.05, 4.69) is 24.1 Å². The lowest BCUT2D eigenvalue weighted by Crippen LogP contribution is -2.45. The Bertz CT molecular complexity index is 172. The molecule has 0 bridgehead atoms. The Balaban J connectivity index is 2.21. The summed E-state index contributed by atoms with van der Waals surface area (Å²) in [5.74, 6) is 0. The molecule has 1 aliphatic heterocycles. The van der Waals surface area contributed by atoms with Gasteiger partial charge in [0.25, 0.3) is 0 Å². The van der Waals surface area contributed by atoms with E-state index in [0.29, 0.717) is 12.1 Å². The summed E-state index contributed by atoms with van der Waals surface area (Å²) >= 11 is 0. The van der Waals surface area contributed by atoms with E-state index in [0.717, 1.165) is 45.9 Å². The molecule has 1 N–H and O–H groups in total. The Morgan fingerprint density at radius 2 is 2.38 bits per heavy atom. The van der Waals surface area contributed by atoms with Gasteiger partial charge in [0.1, 0.15) is 0 Å². The number of nitrogens with zero attached hydrogens (tertiary/aromatic N) is 1. The van der Waals surface area contributed by atoms with Gasteiger partial charge in [-0.1, -0.05) is 6.92 Å². The highest BCUT2D eigenvalue weighted by atomic mass is 16.5. The molecule has 4 nitrogen and oxygen atoms in total. The van der Waals surface area contributed by atoms with E-state index >= 15 is 0 Å². The van der Waals surface area contributed by atoms with Gasteiger partial charge in [0, 0.05) is 32.3 Å². The van der Waals surface area contributed by atoms with E-state index in [1.165, 1.54) is 0 Å². The fourth-order valence-corrected chi connectivity index (χ4v) is 2.16. The lowest BCUT2D eigenvalue weighted by molar-refractivity contribution is 0.0613. The SMILES string of the molecule is CCN(CCC1COCCN1)C(C)COC. The van der Waals surface area contributed by atoms with Crippen molar-refractivity contribution in [1.82, 2.24) is 10.2 Å². The van der Waals surface area contributed by atoms with Gasteiger partial charge in [-0.25, -0.2) is 0 Å². The molecule has 1 saturated heterocycles. The van der Waals surface area contributed by atoms with Crippen molar-refractivity contribution in [2.24, 2.45) is 0 Å². The van der Waals surface area contributed by atoms with Gasteiger partial charge in [-0.2, -0.15) is 0 Å². The molecule has 1 rings (SSSR count). The van der Waals surface area contributed by atoms with Crippen LogP contribution >= 0.6 is 0 Å². The zero-order chi connectivity index (χ0) is 11.8. The number of likely N-dealkylation sites (N-methyl/N-ethyl adjacent to an activating group) is 1. The maximum atomic E-state index is 5.45. The Labute approximate surface area is 99.3 Å². The minimum absolute atomic E-state index is 0.500. The molecule has 2 unspecified atom stereocenters. The van der Waals surface area contributed by atoms with Gasteiger partial charge in [-0.3, -0.25) is 4.90 Å². The molecule has 0 aromatic rings. The van der Waals surface area contributed by atoms with Gasteiger partial charge in [0.05, 0.1) is 19.8 Å². The quantitative estimate of drug-likeness (QED) is 0.699. The number of nitrogens with one attached hydrogen (secondary N) is 1. The summed E-state index contributed by atoms with van der Waals surface area (Å²) < 4.78 is 10.6. The number of morpholine rings is 1. The lowest BCUT2D eigenvalue weighted by atomic mass is 10.1. The molecular formula is C12H26N2O2. The van der Waals surface area contributed by atoms with Gasteiger partial charge in [0.15, 0.2) is 0 Å². The first-order chi connectivity index (χ1) is 7.77. The van der Waals surface area contributed by atoms with Crippen LogP contribution in [0, 0.1) is 0 Å². The van der Waals surface area contributed by atoms with Crippen molar-refractivity contribution in [2.75, 3.05) is 46.6 Å². The second-order valence-electron chi connectivity index (χ2n) is 4.45. The van der Waals surface area contributed by atoms with Crippen molar-refractivity contribution in [3.8, 4) is 0 Å². The Morgan fingerprint density at radius 3 is 2.94 bits per heavy atom. The molecule has 0 amide bonds. The highest BCUT2D eigenvalue weighted by Crippen LogP contribution is 2.05. The Morgan fingerprint density at radius 1 is 1.56 bits per heavy atom. The smallest absolute Gasteiger partial charge is 0.0620 e. The van der Waals surface area contributed by atoms with Gasteiger partial charge >= 0.3 is 0 Å². The van der Waals surface area contributed by atoms with Gasteiger partial charge in [-0.15, -0.1) is 0 Å². The lowest BCUT2D eigenvalue weighted by Gasteiger charge is -2.30. The molecule has 16 heavy (non-hydrogen) atoms. The summed E-state index contributed by atoms with van der Waals surface area (Å²) in [7, 11) is 1.76. The number of ether oxygens (including phenoxy) is 2. The molecule has 1 fully saturated rings. The van der Waals surface area contributed by atoms with Gasteiger partial charge in [-0.05, 0) is 19.9 Å². The van der Waals surface area contributed by atoms with Gasteiger partial charge in [0.2, 0.25) is 0 Å². The monoisotopic (exact) mass is 230 g/mol. The molecule has 1 heterocycles. The Kier molecular flexibility index (Phi) is 6.96. The number of methoxy groups -OCH3 is 1. The van der Waals surface area contributed by atoms with Crippen LogP contribution in [-0.4, -0.2) is 63.5 Å². The average molecular weight is 230 g/mol. The molecule has 96 valence electrons. The molecule has 2 atom stereocenters. The van der Waals surface area contributed by atoms with Crippen LogP contribution < -0.4 is 5.32 Å². The van der Waals surface area contributed by atoms with Crippen LogP contribution in [0.4, 0.5) is 0 Å². The first-order valence-electron chi connectivity index (χ1n) is 6.32. The van der Waals surface area contributed by atoms with E-state index in [9.17, 15) is 0 Å². The minimum atomic E-state index is 0.500. The number of rotatable bonds is 7. The van der Waals surface area contributed by atoms with Crippen LogP contribution in [0.15, 0.2) is 0 Å². The summed E-state index contributed by atoms with van der Waals surface area (Å²) in [5.41, 5.74) is 0. The predicted octanol–water partition coefficient (Wildman–Crippen LogP) is 0.722.